The second kappa shape index (κ2) is 7.05. The quantitative estimate of drug-likeness (QED) is 0.731. The van der Waals surface area contributed by atoms with Crippen LogP contribution in [0.15, 0.2) is 36.4 Å². The van der Waals surface area contributed by atoms with Crippen molar-refractivity contribution < 1.29 is 19.0 Å². The van der Waals surface area contributed by atoms with E-state index in [-0.39, 0.29) is 11.3 Å². The first-order valence-electron chi connectivity index (χ1n) is 8.91. The van der Waals surface area contributed by atoms with Crippen molar-refractivity contribution in [2.75, 3.05) is 6.54 Å². The molecule has 1 heterocycles. The number of carboxylic acid groups (broad SMARTS) is 1. The number of hydrazine groups is 1. The number of nitrogens with one attached hydrogen (secondary N) is 2. The van der Waals surface area contributed by atoms with E-state index in [4.69, 9.17) is 4.74 Å². The molecule has 2 aromatic rings. The van der Waals surface area contributed by atoms with Gasteiger partial charge in [-0.1, -0.05) is 12.1 Å². The zero-order valence-electron chi connectivity index (χ0n) is 14.3. The van der Waals surface area contributed by atoms with Gasteiger partial charge in [-0.05, 0) is 66.6 Å². The van der Waals surface area contributed by atoms with Gasteiger partial charge in [-0.3, -0.25) is 5.43 Å². The standard InChI is InChI=1S/C20H21FN2O3/c21-19-17(11-22-23-19)14-6-8-18(16(10-14)20(24)25)26-15-7-5-12-3-1-2-4-13(12)9-15/h5-10,17,19,22-23H,1-4,11H2,(H,24,25). The van der Waals surface area contributed by atoms with E-state index in [1.165, 1.54) is 30.0 Å². The predicted molar refractivity (Wildman–Crippen MR) is 95.3 cm³/mol. The van der Waals surface area contributed by atoms with E-state index < -0.39 is 18.2 Å². The number of aromatic carboxylic acids is 1. The fraction of sp³-hybridized carbons (Fsp3) is 0.350. The highest BCUT2D eigenvalue weighted by Gasteiger charge is 2.29. The lowest BCUT2D eigenvalue weighted by Crippen LogP contribution is -2.27. The molecular weight excluding hydrogens is 335 g/mol. The number of carbonyl (C=O) groups is 1. The van der Waals surface area contributed by atoms with E-state index in [1.807, 2.05) is 12.1 Å². The molecule has 0 radical (unpaired) electrons. The Morgan fingerprint density at radius 3 is 2.65 bits per heavy atom. The summed E-state index contributed by atoms with van der Waals surface area (Å²) in [4.78, 5) is 11.7. The lowest BCUT2D eigenvalue weighted by Gasteiger charge is -2.18. The lowest BCUT2D eigenvalue weighted by molar-refractivity contribution is 0.0694. The molecule has 0 amide bonds. The van der Waals surface area contributed by atoms with Crippen molar-refractivity contribution in [2.45, 2.75) is 37.9 Å². The van der Waals surface area contributed by atoms with Gasteiger partial charge in [0, 0.05) is 12.5 Å². The molecule has 2 aliphatic rings. The van der Waals surface area contributed by atoms with Crippen molar-refractivity contribution in [3.63, 3.8) is 0 Å². The summed E-state index contributed by atoms with van der Waals surface area (Å²) < 4.78 is 19.7. The molecule has 2 atom stereocenters. The van der Waals surface area contributed by atoms with Gasteiger partial charge in [0.1, 0.15) is 17.1 Å². The highest BCUT2D eigenvalue weighted by molar-refractivity contribution is 5.91. The van der Waals surface area contributed by atoms with Gasteiger partial charge >= 0.3 is 5.97 Å². The number of ether oxygens (including phenoxy) is 1. The SMILES string of the molecule is O=C(O)c1cc(C2CNNC2F)ccc1Oc1ccc2c(c1)CCCC2. The van der Waals surface area contributed by atoms with Crippen LogP contribution in [0, 0.1) is 0 Å². The third-order valence-corrected chi connectivity index (χ3v) is 5.13. The number of halogens is 1. The highest BCUT2D eigenvalue weighted by atomic mass is 19.1. The predicted octanol–water partition coefficient (Wildman–Crippen LogP) is 3.54. The van der Waals surface area contributed by atoms with E-state index >= 15 is 0 Å². The summed E-state index contributed by atoms with van der Waals surface area (Å²) in [5, 5.41) is 9.56. The molecule has 3 N–H and O–H groups in total. The third kappa shape index (κ3) is 3.30. The Bertz CT molecular complexity index is 840. The number of aryl methyl sites for hydroxylation is 2. The van der Waals surface area contributed by atoms with Crippen LogP contribution in [-0.2, 0) is 12.8 Å². The van der Waals surface area contributed by atoms with Crippen molar-refractivity contribution >= 4 is 5.97 Å². The van der Waals surface area contributed by atoms with Crippen molar-refractivity contribution in [2.24, 2.45) is 0 Å². The molecular formula is C20H21FN2O3. The fourth-order valence-corrected chi connectivity index (χ4v) is 3.69. The first-order valence-corrected chi connectivity index (χ1v) is 8.91. The molecule has 6 heteroatoms. The Kier molecular flexibility index (Phi) is 4.61. The van der Waals surface area contributed by atoms with Gasteiger partial charge in [0.2, 0.25) is 0 Å². The zero-order chi connectivity index (χ0) is 18.1. The summed E-state index contributed by atoms with van der Waals surface area (Å²) in [5.41, 5.74) is 8.53. The first-order chi connectivity index (χ1) is 12.6. The van der Waals surface area contributed by atoms with Gasteiger partial charge in [-0.15, -0.1) is 0 Å². The molecule has 26 heavy (non-hydrogen) atoms. The van der Waals surface area contributed by atoms with Crippen LogP contribution in [0.25, 0.3) is 0 Å². The van der Waals surface area contributed by atoms with Crippen LogP contribution >= 0.6 is 0 Å². The monoisotopic (exact) mass is 356 g/mol. The Morgan fingerprint density at radius 1 is 1.12 bits per heavy atom. The van der Waals surface area contributed by atoms with Crippen LogP contribution in [0.2, 0.25) is 0 Å². The maximum Gasteiger partial charge on any atom is 0.339 e. The average Bonchev–Trinajstić information content (AvgIpc) is 3.08. The highest BCUT2D eigenvalue weighted by Crippen LogP contribution is 2.33. The fourth-order valence-electron chi connectivity index (χ4n) is 3.69. The zero-order valence-corrected chi connectivity index (χ0v) is 14.3. The number of benzene rings is 2. The molecule has 2 unspecified atom stereocenters. The van der Waals surface area contributed by atoms with Crippen LogP contribution in [0.5, 0.6) is 11.5 Å². The average molecular weight is 356 g/mol. The van der Waals surface area contributed by atoms with Gasteiger partial charge in [0.25, 0.3) is 0 Å². The summed E-state index contributed by atoms with van der Waals surface area (Å²) in [6, 6.07) is 10.8. The first kappa shape index (κ1) is 17.0. The molecule has 2 aromatic carbocycles. The van der Waals surface area contributed by atoms with Crippen molar-refractivity contribution in [3.05, 3.63) is 58.7 Å². The van der Waals surface area contributed by atoms with Gasteiger partial charge in [0.05, 0.1) is 0 Å². The maximum atomic E-state index is 13.9. The van der Waals surface area contributed by atoms with Gasteiger partial charge in [-0.25, -0.2) is 14.6 Å². The van der Waals surface area contributed by atoms with E-state index in [0.29, 0.717) is 17.9 Å². The van der Waals surface area contributed by atoms with Crippen molar-refractivity contribution in [1.82, 2.24) is 10.9 Å². The van der Waals surface area contributed by atoms with E-state index in [9.17, 15) is 14.3 Å². The lowest BCUT2D eigenvalue weighted by atomic mass is 9.92. The Hall–Kier alpha value is -2.44. The molecule has 1 aliphatic carbocycles. The van der Waals surface area contributed by atoms with E-state index in [0.717, 1.165) is 12.8 Å². The number of fused-ring (bicyclic) bond motifs is 1. The normalized spacial score (nSPS) is 22.0. The molecule has 1 fully saturated rings. The summed E-state index contributed by atoms with van der Waals surface area (Å²) in [7, 11) is 0. The molecule has 0 spiro atoms. The molecule has 0 bridgehead atoms. The molecule has 1 saturated heterocycles. The second-order valence-electron chi connectivity index (χ2n) is 6.83. The van der Waals surface area contributed by atoms with E-state index in [1.54, 1.807) is 12.1 Å². The van der Waals surface area contributed by atoms with Crippen LogP contribution in [-0.4, -0.2) is 23.9 Å². The van der Waals surface area contributed by atoms with Crippen LogP contribution in [0.4, 0.5) is 4.39 Å². The molecule has 0 aromatic heterocycles. The van der Waals surface area contributed by atoms with Crippen LogP contribution in [0.1, 0.15) is 45.8 Å². The Labute approximate surface area is 151 Å². The van der Waals surface area contributed by atoms with Crippen LogP contribution in [0.3, 0.4) is 0 Å². The number of carboxylic acids is 1. The molecule has 1 aliphatic heterocycles. The largest absolute Gasteiger partial charge is 0.478 e. The van der Waals surface area contributed by atoms with Gasteiger partial charge < -0.3 is 9.84 Å². The number of alkyl halides is 1. The maximum absolute atomic E-state index is 13.9. The van der Waals surface area contributed by atoms with Crippen molar-refractivity contribution in [1.29, 1.82) is 0 Å². The summed E-state index contributed by atoms with van der Waals surface area (Å²) in [5.74, 6) is -0.611. The second-order valence-corrected chi connectivity index (χ2v) is 6.83. The smallest absolute Gasteiger partial charge is 0.339 e. The van der Waals surface area contributed by atoms with Gasteiger partial charge in [-0.2, -0.15) is 0 Å². The molecule has 4 rings (SSSR count). The van der Waals surface area contributed by atoms with Crippen molar-refractivity contribution in [3.8, 4) is 11.5 Å². The minimum atomic E-state index is -1.25. The van der Waals surface area contributed by atoms with Gasteiger partial charge in [0.15, 0.2) is 6.30 Å². The Morgan fingerprint density at radius 2 is 1.92 bits per heavy atom. The topological polar surface area (TPSA) is 70.6 Å². The minimum absolute atomic E-state index is 0.0410. The summed E-state index contributed by atoms with van der Waals surface area (Å²) in [6.07, 6.45) is 3.23. The third-order valence-electron chi connectivity index (χ3n) is 5.13. The van der Waals surface area contributed by atoms with E-state index in [2.05, 4.69) is 16.9 Å². The number of hydrogen-bond donors (Lipinski definition) is 3. The van der Waals surface area contributed by atoms with Crippen LogP contribution < -0.4 is 15.6 Å². The molecule has 5 nitrogen and oxygen atoms in total. The summed E-state index contributed by atoms with van der Waals surface area (Å²) in [6.45, 7) is 0.408. The molecule has 136 valence electrons. The summed E-state index contributed by atoms with van der Waals surface area (Å²) >= 11 is 0. The molecule has 0 saturated carbocycles. The minimum Gasteiger partial charge on any atom is -0.478 e. The number of rotatable bonds is 4. The Balaban J connectivity index is 1.62. The number of hydrogen-bond acceptors (Lipinski definition) is 4.